The Morgan fingerprint density at radius 3 is 2.38 bits per heavy atom. The van der Waals surface area contributed by atoms with Crippen LogP contribution in [0.4, 0.5) is 0 Å². The summed E-state index contributed by atoms with van der Waals surface area (Å²) in [6.07, 6.45) is 0.304. The van der Waals surface area contributed by atoms with Gasteiger partial charge in [-0.15, -0.1) is 11.8 Å². The van der Waals surface area contributed by atoms with Gasteiger partial charge < -0.3 is 10.2 Å². The van der Waals surface area contributed by atoms with Gasteiger partial charge in [0.2, 0.25) is 11.8 Å². The highest BCUT2D eigenvalue weighted by Gasteiger charge is 2.25. The Balaban J connectivity index is 2.07. The van der Waals surface area contributed by atoms with Gasteiger partial charge in [0.15, 0.2) is 0 Å². The Morgan fingerprint density at radius 2 is 1.76 bits per heavy atom. The predicted octanol–water partition coefficient (Wildman–Crippen LogP) is 5.68. The van der Waals surface area contributed by atoms with Crippen molar-refractivity contribution in [2.45, 2.75) is 37.8 Å². The molecule has 0 aliphatic rings. The molecule has 2 amide bonds. The molecule has 1 atom stereocenters. The van der Waals surface area contributed by atoms with E-state index in [9.17, 15) is 9.59 Å². The maximum Gasteiger partial charge on any atom is 0.242 e. The highest BCUT2D eigenvalue weighted by Crippen LogP contribution is 2.25. The number of carbonyl (C=O) groups is 2. The van der Waals surface area contributed by atoms with Crippen molar-refractivity contribution in [3.8, 4) is 0 Å². The molecule has 0 aliphatic carbocycles. The first kappa shape index (κ1) is 23.9. The second-order valence-electron chi connectivity index (χ2n) is 6.39. The SMILES string of the molecule is CCNC(=O)C(C)N(Cc1ccc(Cl)c(Cl)c1)C(=O)CCSc1ccc(Cl)cc1. The van der Waals surface area contributed by atoms with Crippen molar-refractivity contribution in [2.75, 3.05) is 12.3 Å². The molecule has 4 nitrogen and oxygen atoms in total. The van der Waals surface area contributed by atoms with E-state index in [0.29, 0.717) is 33.8 Å². The summed E-state index contributed by atoms with van der Waals surface area (Å²) in [6, 6.07) is 12.1. The lowest BCUT2D eigenvalue weighted by Gasteiger charge is -2.29. The van der Waals surface area contributed by atoms with Crippen molar-refractivity contribution in [1.29, 1.82) is 0 Å². The van der Waals surface area contributed by atoms with Crippen LogP contribution in [0, 0.1) is 0 Å². The molecule has 0 bridgehead atoms. The van der Waals surface area contributed by atoms with Crippen LogP contribution in [-0.4, -0.2) is 35.1 Å². The number of hydrogen-bond acceptors (Lipinski definition) is 3. The van der Waals surface area contributed by atoms with Crippen LogP contribution < -0.4 is 5.32 Å². The number of nitrogens with one attached hydrogen (secondary N) is 1. The Bertz CT molecular complexity index is 846. The van der Waals surface area contributed by atoms with Gasteiger partial charge >= 0.3 is 0 Å². The minimum Gasteiger partial charge on any atom is -0.355 e. The van der Waals surface area contributed by atoms with E-state index in [4.69, 9.17) is 34.8 Å². The lowest BCUT2D eigenvalue weighted by molar-refractivity contribution is -0.140. The van der Waals surface area contributed by atoms with Crippen LogP contribution in [0.1, 0.15) is 25.8 Å². The molecular formula is C21H23Cl3N2O2S. The van der Waals surface area contributed by atoms with Crippen LogP contribution in [0.25, 0.3) is 0 Å². The van der Waals surface area contributed by atoms with E-state index in [-0.39, 0.29) is 18.4 Å². The molecule has 2 aromatic carbocycles. The summed E-state index contributed by atoms with van der Waals surface area (Å²) in [4.78, 5) is 27.9. The molecule has 0 spiro atoms. The van der Waals surface area contributed by atoms with Crippen molar-refractivity contribution in [3.05, 3.63) is 63.1 Å². The predicted molar refractivity (Wildman–Crippen MR) is 122 cm³/mol. The van der Waals surface area contributed by atoms with Gasteiger partial charge in [0.25, 0.3) is 0 Å². The normalized spacial score (nSPS) is 11.8. The summed E-state index contributed by atoms with van der Waals surface area (Å²) < 4.78 is 0. The number of nitrogens with zero attached hydrogens (tertiary/aromatic N) is 1. The molecule has 0 aromatic heterocycles. The van der Waals surface area contributed by atoms with Crippen molar-refractivity contribution in [3.63, 3.8) is 0 Å². The second kappa shape index (κ2) is 11.7. The molecule has 1 unspecified atom stereocenters. The number of amides is 2. The van der Waals surface area contributed by atoms with E-state index in [1.807, 2.05) is 31.2 Å². The van der Waals surface area contributed by atoms with Gasteiger partial charge in [-0.05, 0) is 55.8 Å². The quantitative estimate of drug-likeness (QED) is 0.476. The van der Waals surface area contributed by atoms with E-state index in [2.05, 4.69) is 5.32 Å². The average Bonchev–Trinajstić information content (AvgIpc) is 2.69. The summed E-state index contributed by atoms with van der Waals surface area (Å²) >= 11 is 19.6. The zero-order chi connectivity index (χ0) is 21.4. The van der Waals surface area contributed by atoms with E-state index < -0.39 is 6.04 Å². The third-order valence-electron chi connectivity index (χ3n) is 4.25. The lowest BCUT2D eigenvalue weighted by Crippen LogP contribution is -2.47. The van der Waals surface area contributed by atoms with Crippen LogP contribution in [-0.2, 0) is 16.1 Å². The molecule has 2 aromatic rings. The van der Waals surface area contributed by atoms with Crippen LogP contribution in [0.2, 0.25) is 15.1 Å². The fourth-order valence-electron chi connectivity index (χ4n) is 2.67. The summed E-state index contributed by atoms with van der Waals surface area (Å²) in [6.45, 7) is 4.36. The Kier molecular flexibility index (Phi) is 9.63. The summed E-state index contributed by atoms with van der Waals surface area (Å²) in [5.74, 6) is 0.308. The molecule has 0 radical (unpaired) electrons. The van der Waals surface area contributed by atoms with E-state index in [0.717, 1.165) is 10.5 Å². The zero-order valence-corrected chi connectivity index (χ0v) is 19.3. The van der Waals surface area contributed by atoms with E-state index in [1.54, 1.807) is 41.8 Å². The summed E-state index contributed by atoms with van der Waals surface area (Å²) in [5.41, 5.74) is 0.814. The highest BCUT2D eigenvalue weighted by atomic mass is 35.5. The van der Waals surface area contributed by atoms with Crippen molar-refractivity contribution < 1.29 is 9.59 Å². The summed E-state index contributed by atoms with van der Waals surface area (Å²) in [7, 11) is 0. The molecule has 0 saturated carbocycles. The minimum absolute atomic E-state index is 0.101. The monoisotopic (exact) mass is 472 g/mol. The van der Waals surface area contributed by atoms with Gasteiger partial charge in [0, 0.05) is 35.2 Å². The molecule has 0 heterocycles. The number of likely N-dealkylation sites (N-methyl/N-ethyl adjacent to an activating group) is 1. The van der Waals surface area contributed by atoms with Crippen LogP contribution >= 0.6 is 46.6 Å². The largest absolute Gasteiger partial charge is 0.355 e. The van der Waals surface area contributed by atoms with Crippen LogP contribution in [0.5, 0.6) is 0 Å². The standard InChI is InChI=1S/C21H23Cl3N2O2S/c1-3-25-21(28)14(2)26(13-15-4-9-18(23)19(24)12-15)20(27)10-11-29-17-7-5-16(22)6-8-17/h4-9,12,14H,3,10-11,13H2,1-2H3,(H,25,28). The second-order valence-corrected chi connectivity index (χ2v) is 8.81. The van der Waals surface area contributed by atoms with Crippen molar-refractivity contribution >= 4 is 58.4 Å². The van der Waals surface area contributed by atoms with E-state index in [1.165, 1.54) is 0 Å². The van der Waals surface area contributed by atoms with Gasteiger partial charge in [0.1, 0.15) is 6.04 Å². The first-order chi connectivity index (χ1) is 13.8. The number of carbonyl (C=O) groups excluding carboxylic acids is 2. The fraction of sp³-hybridized carbons (Fsp3) is 0.333. The number of benzene rings is 2. The maximum atomic E-state index is 12.9. The van der Waals surface area contributed by atoms with Crippen LogP contribution in [0.3, 0.4) is 0 Å². The van der Waals surface area contributed by atoms with Gasteiger partial charge in [0.05, 0.1) is 10.0 Å². The zero-order valence-electron chi connectivity index (χ0n) is 16.3. The van der Waals surface area contributed by atoms with Gasteiger partial charge in [-0.3, -0.25) is 9.59 Å². The first-order valence-corrected chi connectivity index (χ1v) is 11.3. The topological polar surface area (TPSA) is 49.4 Å². The lowest BCUT2D eigenvalue weighted by atomic mass is 10.1. The number of halogens is 3. The molecule has 8 heteroatoms. The smallest absolute Gasteiger partial charge is 0.242 e. The third kappa shape index (κ3) is 7.41. The van der Waals surface area contributed by atoms with Gasteiger partial charge in [-0.1, -0.05) is 40.9 Å². The Hall–Kier alpha value is -1.40. The highest BCUT2D eigenvalue weighted by molar-refractivity contribution is 7.99. The number of thioether (sulfide) groups is 1. The minimum atomic E-state index is -0.600. The van der Waals surface area contributed by atoms with Crippen molar-refractivity contribution in [2.24, 2.45) is 0 Å². The Labute approximate surface area is 190 Å². The van der Waals surface area contributed by atoms with Crippen molar-refractivity contribution in [1.82, 2.24) is 10.2 Å². The Morgan fingerprint density at radius 1 is 1.07 bits per heavy atom. The molecule has 29 heavy (non-hydrogen) atoms. The van der Waals surface area contributed by atoms with Crippen LogP contribution in [0.15, 0.2) is 47.4 Å². The summed E-state index contributed by atoms with van der Waals surface area (Å²) in [5, 5.41) is 4.32. The van der Waals surface area contributed by atoms with Gasteiger partial charge in [-0.25, -0.2) is 0 Å². The molecule has 1 N–H and O–H groups in total. The molecule has 0 saturated heterocycles. The maximum absolute atomic E-state index is 12.9. The average molecular weight is 474 g/mol. The molecule has 0 aliphatic heterocycles. The molecule has 0 fully saturated rings. The van der Waals surface area contributed by atoms with Gasteiger partial charge in [-0.2, -0.15) is 0 Å². The fourth-order valence-corrected chi connectivity index (χ4v) is 3.96. The molecule has 2 rings (SSSR count). The first-order valence-electron chi connectivity index (χ1n) is 9.21. The number of hydrogen-bond donors (Lipinski definition) is 1. The van der Waals surface area contributed by atoms with E-state index >= 15 is 0 Å². The third-order valence-corrected chi connectivity index (χ3v) is 6.26. The molecule has 156 valence electrons. The molecular weight excluding hydrogens is 451 g/mol. The number of rotatable bonds is 9.